The molecule has 0 radical (unpaired) electrons. The minimum atomic E-state index is -0.380. The van der Waals surface area contributed by atoms with Crippen LogP contribution in [-0.4, -0.2) is 11.0 Å². The van der Waals surface area contributed by atoms with Crippen LogP contribution in [0.4, 0.5) is 5.69 Å². The van der Waals surface area contributed by atoms with E-state index in [1.165, 1.54) is 18.2 Å². The molecule has 0 aliphatic heterocycles. The zero-order chi connectivity index (χ0) is 14.7. The van der Waals surface area contributed by atoms with Crippen LogP contribution in [-0.2, 0) is 0 Å². The highest BCUT2D eigenvalue weighted by Crippen LogP contribution is 2.22. The second kappa shape index (κ2) is 5.84. The van der Waals surface area contributed by atoms with E-state index in [1.54, 1.807) is 12.1 Å². The molecular weight excluding hydrogens is 276 g/mol. The molecule has 0 fully saturated rings. The summed E-state index contributed by atoms with van der Waals surface area (Å²) in [5.74, 6) is -0.481. The lowest BCUT2D eigenvalue weighted by atomic mass is 10.1. The number of phenolic OH excluding ortho intramolecular Hbond substituents is 1. The van der Waals surface area contributed by atoms with Gasteiger partial charge in [0.15, 0.2) is 0 Å². The number of nitrogen functional groups attached to an aromatic ring is 1. The Balaban J connectivity index is 2.15. The topological polar surface area (TPSA) is 75.3 Å². The van der Waals surface area contributed by atoms with Crippen molar-refractivity contribution in [3.63, 3.8) is 0 Å². The summed E-state index contributed by atoms with van der Waals surface area (Å²) in [5, 5.41) is 12.9. The number of aromatic hydroxyl groups is 1. The number of hydrogen-bond acceptors (Lipinski definition) is 3. The molecule has 2 aromatic carbocycles. The predicted molar refractivity (Wildman–Crippen MR) is 79.9 cm³/mol. The zero-order valence-corrected chi connectivity index (χ0v) is 11.7. The van der Waals surface area contributed by atoms with Gasteiger partial charge in [0.2, 0.25) is 0 Å². The molecule has 0 spiro atoms. The average molecular weight is 291 g/mol. The second-order valence-corrected chi connectivity index (χ2v) is 4.96. The maximum atomic E-state index is 12.1. The van der Waals surface area contributed by atoms with E-state index in [9.17, 15) is 9.90 Å². The molecule has 0 bridgehead atoms. The Morgan fingerprint density at radius 1 is 1.25 bits per heavy atom. The summed E-state index contributed by atoms with van der Waals surface area (Å²) >= 11 is 5.83. The Kier molecular flexibility index (Phi) is 4.15. The van der Waals surface area contributed by atoms with Crippen molar-refractivity contribution >= 4 is 23.2 Å². The Morgan fingerprint density at radius 2 is 1.90 bits per heavy atom. The highest BCUT2D eigenvalue weighted by atomic mass is 35.5. The number of nitrogens with two attached hydrogens (primary N) is 1. The lowest BCUT2D eigenvalue weighted by Crippen LogP contribution is -2.26. The summed E-state index contributed by atoms with van der Waals surface area (Å²) in [6, 6.07) is 11.4. The third-order valence-corrected chi connectivity index (χ3v) is 3.22. The van der Waals surface area contributed by atoms with Crippen molar-refractivity contribution in [3.05, 3.63) is 58.6 Å². The van der Waals surface area contributed by atoms with Gasteiger partial charge in [-0.2, -0.15) is 0 Å². The summed E-state index contributed by atoms with van der Waals surface area (Å²) < 4.78 is 0. The number of halogens is 1. The van der Waals surface area contributed by atoms with E-state index in [2.05, 4.69) is 5.32 Å². The first kappa shape index (κ1) is 14.2. The zero-order valence-electron chi connectivity index (χ0n) is 10.9. The SMILES string of the molecule is CC(NC(=O)c1cc(Cl)ccc1O)c1ccc(N)cc1. The number of amides is 1. The quantitative estimate of drug-likeness (QED) is 0.760. The van der Waals surface area contributed by atoms with Crippen molar-refractivity contribution in [2.75, 3.05) is 5.73 Å². The molecule has 20 heavy (non-hydrogen) atoms. The van der Waals surface area contributed by atoms with E-state index in [1.807, 2.05) is 19.1 Å². The number of nitrogens with one attached hydrogen (secondary N) is 1. The van der Waals surface area contributed by atoms with Crippen molar-refractivity contribution in [3.8, 4) is 5.75 Å². The smallest absolute Gasteiger partial charge is 0.255 e. The van der Waals surface area contributed by atoms with Crippen LogP contribution in [0, 0.1) is 0 Å². The van der Waals surface area contributed by atoms with Crippen molar-refractivity contribution in [2.24, 2.45) is 0 Å². The van der Waals surface area contributed by atoms with Gasteiger partial charge in [0.1, 0.15) is 5.75 Å². The Morgan fingerprint density at radius 3 is 2.55 bits per heavy atom. The van der Waals surface area contributed by atoms with Crippen molar-refractivity contribution < 1.29 is 9.90 Å². The van der Waals surface area contributed by atoms with Gasteiger partial charge in [0, 0.05) is 10.7 Å². The van der Waals surface area contributed by atoms with Gasteiger partial charge in [0.05, 0.1) is 11.6 Å². The van der Waals surface area contributed by atoms with E-state index < -0.39 is 0 Å². The predicted octanol–water partition coefficient (Wildman–Crippen LogP) is 3.12. The second-order valence-electron chi connectivity index (χ2n) is 4.52. The van der Waals surface area contributed by atoms with E-state index >= 15 is 0 Å². The number of hydrogen-bond donors (Lipinski definition) is 3. The fourth-order valence-corrected chi connectivity index (χ4v) is 2.00. The summed E-state index contributed by atoms with van der Waals surface area (Å²) in [6.07, 6.45) is 0. The minimum Gasteiger partial charge on any atom is -0.507 e. The first-order valence-corrected chi connectivity index (χ1v) is 6.50. The highest BCUT2D eigenvalue weighted by Gasteiger charge is 2.15. The van der Waals surface area contributed by atoms with Crippen LogP contribution in [0.1, 0.15) is 28.9 Å². The van der Waals surface area contributed by atoms with Gasteiger partial charge in [-0.25, -0.2) is 0 Å². The molecule has 0 heterocycles. The Hall–Kier alpha value is -2.20. The lowest BCUT2D eigenvalue weighted by Gasteiger charge is -2.15. The van der Waals surface area contributed by atoms with Gasteiger partial charge in [0.25, 0.3) is 5.91 Å². The van der Waals surface area contributed by atoms with Crippen molar-refractivity contribution in [1.82, 2.24) is 5.32 Å². The van der Waals surface area contributed by atoms with E-state index in [4.69, 9.17) is 17.3 Å². The van der Waals surface area contributed by atoms with Gasteiger partial charge in [-0.1, -0.05) is 23.7 Å². The minimum absolute atomic E-state index is 0.101. The van der Waals surface area contributed by atoms with Crippen LogP contribution in [0.25, 0.3) is 0 Å². The number of phenols is 1. The van der Waals surface area contributed by atoms with Crippen LogP contribution in [0.5, 0.6) is 5.75 Å². The molecule has 104 valence electrons. The summed E-state index contributed by atoms with van der Waals surface area (Å²) in [5.41, 5.74) is 7.36. The van der Waals surface area contributed by atoms with Gasteiger partial charge in [-0.15, -0.1) is 0 Å². The highest BCUT2D eigenvalue weighted by molar-refractivity contribution is 6.31. The molecule has 2 aromatic rings. The Bertz CT molecular complexity index is 626. The molecule has 4 nitrogen and oxygen atoms in total. The van der Waals surface area contributed by atoms with Gasteiger partial charge in [-0.3, -0.25) is 4.79 Å². The van der Waals surface area contributed by atoms with E-state index in [-0.39, 0.29) is 23.3 Å². The van der Waals surface area contributed by atoms with Gasteiger partial charge in [-0.05, 0) is 42.8 Å². The molecule has 2 rings (SSSR count). The van der Waals surface area contributed by atoms with Crippen molar-refractivity contribution in [1.29, 1.82) is 0 Å². The molecule has 0 aliphatic rings. The molecule has 1 amide bonds. The molecule has 4 N–H and O–H groups in total. The van der Waals surface area contributed by atoms with Crippen LogP contribution < -0.4 is 11.1 Å². The number of anilines is 1. The molecule has 0 aromatic heterocycles. The fraction of sp³-hybridized carbons (Fsp3) is 0.133. The maximum Gasteiger partial charge on any atom is 0.255 e. The number of benzene rings is 2. The molecule has 5 heteroatoms. The van der Waals surface area contributed by atoms with Crippen LogP contribution in [0.15, 0.2) is 42.5 Å². The monoisotopic (exact) mass is 290 g/mol. The van der Waals surface area contributed by atoms with Crippen LogP contribution in [0.3, 0.4) is 0 Å². The number of carbonyl (C=O) groups is 1. The number of carbonyl (C=O) groups excluding carboxylic acids is 1. The summed E-state index contributed by atoms with van der Waals surface area (Å²) in [4.78, 5) is 12.1. The molecule has 0 aliphatic carbocycles. The third kappa shape index (κ3) is 3.22. The molecular formula is C15H15ClN2O2. The maximum absolute atomic E-state index is 12.1. The fourth-order valence-electron chi connectivity index (χ4n) is 1.83. The molecule has 1 unspecified atom stereocenters. The standard InChI is InChI=1S/C15H15ClN2O2/c1-9(10-2-5-12(17)6-3-10)18-15(20)13-8-11(16)4-7-14(13)19/h2-9,19H,17H2,1H3,(H,18,20). The average Bonchev–Trinajstić information content (AvgIpc) is 2.42. The van der Waals surface area contributed by atoms with Gasteiger partial charge >= 0.3 is 0 Å². The number of rotatable bonds is 3. The van der Waals surface area contributed by atoms with Crippen LogP contribution >= 0.6 is 11.6 Å². The molecule has 1 atom stereocenters. The largest absolute Gasteiger partial charge is 0.507 e. The normalized spacial score (nSPS) is 11.9. The van der Waals surface area contributed by atoms with Crippen LogP contribution in [0.2, 0.25) is 5.02 Å². The summed E-state index contributed by atoms with van der Waals surface area (Å²) in [7, 11) is 0. The first-order chi connectivity index (χ1) is 9.47. The lowest BCUT2D eigenvalue weighted by molar-refractivity contribution is 0.0937. The molecule has 0 saturated heterocycles. The van der Waals surface area contributed by atoms with Crippen molar-refractivity contribution in [2.45, 2.75) is 13.0 Å². The van der Waals surface area contributed by atoms with E-state index in [0.717, 1.165) is 5.56 Å². The van der Waals surface area contributed by atoms with Gasteiger partial charge < -0.3 is 16.2 Å². The first-order valence-electron chi connectivity index (χ1n) is 6.12. The molecule has 0 saturated carbocycles. The Labute approximate surface area is 122 Å². The summed E-state index contributed by atoms with van der Waals surface area (Å²) in [6.45, 7) is 1.85. The van der Waals surface area contributed by atoms with E-state index in [0.29, 0.717) is 10.7 Å². The third-order valence-electron chi connectivity index (χ3n) is 2.99.